The van der Waals surface area contributed by atoms with Crippen molar-refractivity contribution in [2.45, 2.75) is 31.7 Å². The van der Waals surface area contributed by atoms with Crippen LogP contribution in [0, 0.1) is 5.92 Å². The third kappa shape index (κ3) is 3.82. The molecule has 2 N–H and O–H groups in total. The second-order valence-electron chi connectivity index (χ2n) is 6.99. The fraction of sp³-hybridized carbons (Fsp3) is 0.400. The first kappa shape index (κ1) is 16.1. The van der Waals surface area contributed by atoms with Crippen LogP contribution in [0.4, 0.5) is 17.2 Å². The van der Waals surface area contributed by atoms with Crippen molar-refractivity contribution in [1.82, 2.24) is 9.88 Å². The van der Waals surface area contributed by atoms with Gasteiger partial charge in [-0.3, -0.25) is 9.69 Å². The molecule has 4 rings (SSSR count). The van der Waals surface area contributed by atoms with E-state index >= 15 is 0 Å². The maximum absolute atomic E-state index is 12.6. The number of benzene rings is 1. The Kier molecular flexibility index (Phi) is 4.65. The highest BCUT2D eigenvalue weighted by Crippen LogP contribution is 2.31. The van der Waals surface area contributed by atoms with Gasteiger partial charge in [-0.25, -0.2) is 4.98 Å². The van der Waals surface area contributed by atoms with Crippen LogP contribution in [-0.4, -0.2) is 34.9 Å². The Bertz CT molecular complexity index is 702. The molecule has 2 aliphatic rings. The maximum Gasteiger partial charge on any atom is 0.228 e. The number of rotatable bonds is 4. The molecule has 2 saturated heterocycles. The molecule has 0 saturated carbocycles. The van der Waals surface area contributed by atoms with Crippen molar-refractivity contribution in [1.29, 1.82) is 0 Å². The third-order valence-corrected chi connectivity index (χ3v) is 5.21. The summed E-state index contributed by atoms with van der Waals surface area (Å²) < 4.78 is 0. The standard InChI is InChI=1S/C20H24N4O/c25-20(15-12-18-8-4-5-11-24(18)14-15)23-17-9-10-19(21-13-17)22-16-6-2-1-3-7-16/h1-3,6-7,9-10,13,15,18H,4-5,8,11-12,14H2,(H,21,22)(H,23,25)/t15-,18-/m0/s1. The lowest BCUT2D eigenvalue weighted by Gasteiger charge is -2.28. The van der Waals surface area contributed by atoms with E-state index in [1.165, 1.54) is 19.3 Å². The number of piperidine rings is 1. The molecule has 2 atom stereocenters. The van der Waals surface area contributed by atoms with Gasteiger partial charge in [0.05, 0.1) is 17.8 Å². The first-order valence-electron chi connectivity index (χ1n) is 9.11. The van der Waals surface area contributed by atoms with Gasteiger partial charge in [-0.15, -0.1) is 0 Å². The topological polar surface area (TPSA) is 57.3 Å². The van der Waals surface area contributed by atoms with Gasteiger partial charge in [0.1, 0.15) is 5.82 Å². The molecule has 2 aromatic rings. The second kappa shape index (κ2) is 7.23. The summed E-state index contributed by atoms with van der Waals surface area (Å²) in [5.74, 6) is 0.993. The van der Waals surface area contributed by atoms with Crippen molar-refractivity contribution in [3.63, 3.8) is 0 Å². The Hall–Kier alpha value is -2.40. The van der Waals surface area contributed by atoms with E-state index in [0.717, 1.165) is 36.7 Å². The molecule has 0 unspecified atom stereocenters. The zero-order valence-electron chi connectivity index (χ0n) is 14.3. The number of nitrogens with one attached hydrogen (secondary N) is 2. The molecule has 2 aliphatic heterocycles. The largest absolute Gasteiger partial charge is 0.340 e. The predicted molar refractivity (Wildman–Crippen MR) is 99.9 cm³/mol. The molecule has 0 spiro atoms. The van der Waals surface area contributed by atoms with Crippen molar-refractivity contribution in [2.75, 3.05) is 23.7 Å². The lowest BCUT2D eigenvalue weighted by Crippen LogP contribution is -2.34. The average molecular weight is 336 g/mol. The summed E-state index contributed by atoms with van der Waals surface area (Å²) in [6, 6.07) is 14.3. The van der Waals surface area contributed by atoms with Gasteiger partial charge in [-0.1, -0.05) is 24.6 Å². The van der Waals surface area contributed by atoms with E-state index in [9.17, 15) is 4.79 Å². The normalized spacial score (nSPS) is 23.0. The molecule has 25 heavy (non-hydrogen) atoms. The smallest absolute Gasteiger partial charge is 0.228 e. The SMILES string of the molecule is O=C(Nc1ccc(Nc2ccccc2)nc1)[C@H]1C[C@@H]2CCCCN2C1. The number of fused-ring (bicyclic) bond motifs is 1. The molecule has 5 heteroatoms. The summed E-state index contributed by atoms with van der Waals surface area (Å²) in [7, 11) is 0. The molecule has 1 aromatic carbocycles. The van der Waals surface area contributed by atoms with Crippen LogP contribution < -0.4 is 10.6 Å². The summed E-state index contributed by atoms with van der Waals surface area (Å²) in [6.45, 7) is 2.05. The van der Waals surface area contributed by atoms with Gasteiger partial charge >= 0.3 is 0 Å². The van der Waals surface area contributed by atoms with Gasteiger partial charge < -0.3 is 10.6 Å². The number of para-hydroxylation sites is 1. The van der Waals surface area contributed by atoms with Crippen molar-refractivity contribution in [3.8, 4) is 0 Å². The van der Waals surface area contributed by atoms with E-state index in [4.69, 9.17) is 0 Å². The van der Waals surface area contributed by atoms with E-state index in [1.807, 2.05) is 42.5 Å². The van der Waals surface area contributed by atoms with Crippen LogP contribution in [-0.2, 0) is 4.79 Å². The van der Waals surface area contributed by atoms with Crippen molar-refractivity contribution < 1.29 is 4.79 Å². The molecule has 5 nitrogen and oxygen atoms in total. The van der Waals surface area contributed by atoms with Gasteiger partial charge in [0, 0.05) is 18.3 Å². The van der Waals surface area contributed by atoms with Crippen molar-refractivity contribution in [3.05, 3.63) is 48.7 Å². The first-order valence-corrected chi connectivity index (χ1v) is 9.11. The molecule has 1 amide bonds. The lowest BCUT2D eigenvalue weighted by atomic mass is 9.99. The second-order valence-corrected chi connectivity index (χ2v) is 6.99. The number of hydrogen-bond donors (Lipinski definition) is 2. The fourth-order valence-corrected chi connectivity index (χ4v) is 3.90. The number of amides is 1. The van der Waals surface area contributed by atoms with Crippen LogP contribution in [0.3, 0.4) is 0 Å². The molecule has 2 fully saturated rings. The number of carbonyl (C=O) groups excluding carboxylic acids is 1. The maximum atomic E-state index is 12.6. The highest BCUT2D eigenvalue weighted by molar-refractivity contribution is 5.92. The Morgan fingerprint density at radius 3 is 2.72 bits per heavy atom. The van der Waals surface area contributed by atoms with Crippen LogP contribution in [0.5, 0.6) is 0 Å². The van der Waals surface area contributed by atoms with E-state index in [-0.39, 0.29) is 11.8 Å². The molecule has 0 radical (unpaired) electrons. The number of hydrogen-bond acceptors (Lipinski definition) is 4. The Morgan fingerprint density at radius 2 is 1.96 bits per heavy atom. The van der Waals surface area contributed by atoms with Crippen molar-refractivity contribution >= 4 is 23.1 Å². The molecule has 0 aliphatic carbocycles. The zero-order valence-corrected chi connectivity index (χ0v) is 14.3. The van der Waals surface area contributed by atoms with Crippen LogP contribution in [0.1, 0.15) is 25.7 Å². The van der Waals surface area contributed by atoms with Crippen LogP contribution >= 0.6 is 0 Å². The van der Waals surface area contributed by atoms with Gasteiger partial charge in [-0.05, 0) is 50.1 Å². The first-order chi connectivity index (χ1) is 12.3. The Balaban J connectivity index is 1.34. The van der Waals surface area contributed by atoms with Crippen LogP contribution in [0.2, 0.25) is 0 Å². The number of anilines is 3. The Labute approximate surface area is 148 Å². The fourth-order valence-electron chi connectivity index (χ4n) is 3.90. The monoisotopic (exact) mass is 336 g/mol. The minimum atomic E-state index is 0.102. The lowest BCUT2D eigenvalue weighted by molar-refractivity contribution is -0.119. The minimum absolute atomic E-state index is 0.102. The highest BCUT2D eigenvalue weighted by atomic mass is 16.1. The number of nitrogens with zero attached hydrogens (tertiary/aromatic N) is 2. The van der Waals surface area contributed by atoms with Gasteiger partial charge in [-0.2, -0.15) is 0 Å². The number of pyridine rings is 1. The molecular weight excluding hydrogens is 312 g/mol. The van der Waals surface area contributed by atoms with E-state index in [2.05, 4.69) is 20.5 Å². The number of aromatic nitrogens is 1. The number of carbonyl (C=O) groups is 1. The van der Waals surface area contributed by atoms with E-state index in [1.54, 1.807) is 6.20 Å². The van der Waals surface area contributed by atoms with Gasteiger partial charge in [0.25, 0.3) is 0 Å². The summed E-state index contributed by atoms with van der Waals surface area (Å²) in [6.07, 6.45) is 6.52. The van der Waals surface area contributed by atoms with Gasteiger partial charge in [0.2, 0.25) is 5.91 Å². The zero-order chi connectivity index (χ0) is 17.1. The molecular formula is C20H24N4O. The van der Waals surface area contributed by atoms with Crippen LogP contribution in [0.15, 0.2) is 48.7 Å². The quantitative estimate of drug-likeness (QED) is 0.895. The highest BCUT2D eigenvalue weighted by Gasteiger charge is 2.36. The Morgan fingerprint density at radius 1 is 1.08 bits per heavy atom. The minimum Gasteiger partial charge on any atom is -0.340 e. The summed E-state index contributed by atoms with van der Waals surface area (Å²) in [4.78, 5) is 19.4. The molecule has 1 aromatic heterocycles. The van der Waals surface area contributed by atoms with Gasteiger partial charge in [0.15, 0.2) is 0 Å². The van der Waals surface area contributed by atoms with E-state index in [0.29, 0.717) is 6.04 Å². The third-order valence-electron chi connectivity index (χ3n) is 5.21. The summed E-state index contributed by atoms with van der Waals surface area (Å²) >= 11 is 0. The predicted octanol–water partition coefficient (Wildman–Crippen LogP) is 3.64. The molecule has 130 valence electrons. The van der Waals surface area contributed by atoms with E-state index < -0.39 is 0 Å². The summed E-state index contributed by atoms with van der Waals surface area (Å²) in [5, 5.41) is 6.27. The van der Waals surface area contributed by atoms with Crippen LogP contribution in [0.25, 0.3) is 0 Å². The summed E-state index contributed by atoms with van der Waals surface area (Å²) in [5.41, 5.74) is 1.75. The average Bonchev–Trinajstić information content (AvgIpc) is 3.09. The van der Waals surface area contributed by atoms with Crippen molar-refractivity contribution in [2.24, 2.45) is 5.92 Å². The molecule has 0 bridgehead atoms. The molecule has 3 heterocycles.